The van der Waals surface area contributed by atoms with Crippen LogP contribution < -0.4 is 0 Å². The number of fused-ring (bicyclic) bond motifs is 1. The van der Waals surface area contributed by atoms with Gasteiger partial charge >= 0.3 is 5.97 Å². The third-order valence-electron chi connectivity index (χ3n) is 3.51. The largest absolute Gasteiger partial charge is 0.459 e. The van der Waals surface area contributed by atoms with Crippen molar-refractivity contribution in [2.24, 2.45) is 5.92 Å². The van der Waals surface area contributed by atoms with Crippen LogP contribution in [0.4, 0.5) is 0 Å². The molecule has 4 atom stereocenters. The van der Waals surface area contributed by atoms with Gasteiger partial charge in [-0.1, -0.05) is 30.3 Å². The maximum atomic E-state index is 11.2. The maximum Gasteiger partial charge on any atom is 0.306 e. The first kappa shape index (κ1) is 12.6. The topological polar surface area (TPSA) is 65.0 Å². The highest BCUT2D eigenvalue weighted by Gasteiger charge is 2.47. The standard InChI is InChI=1S/C14H16O5/c15-11-6-10-8-18-14(12(16)13(10)19-11)17-7-9-4-2-1-3-5-9/h1-5,10,12-14,16H,6-8H2/t10?,12-,13?,14-/m0/s1. The lowest BCUT2D eigenvalue weighted by Gasteiger charge is -2.34. The number of hydrogen-bond acceptors (Lipinski definition) is 5. The van der Waals surface area contributed by atoms with Crippen LogP contribution >= 0.6 is 0 Å². The van der Waals surface area contributed by atoms with Gasteiger partial charge in [0, 0.05) is 5.92 Å². The molecule has 3 rings (SSSR count). The molecule has 0 aromatic heterocycles. The molecule has 2 aliphatic heterocycles. The van der Waals surface area contributed by atoms with Gasteiger partial charge in [0.1, 0.15) is 12.2 Å². The highest BCUT2D eigenvalue weighted by Crippen LogP contribution is 2.32. The number of esters is 1. The number of hydrogen-bond donors (Lipinski definition) is 1. The van der Waals surface area contributed by atoms with E-state index < -0.39 is 18.5 Å². The summed E-state index contributed by atoms with van der Waals surface area (Å²) in [6.07, 6.45) is -1.85. The summed E-state index contributed by atoms with van der Waals surface area (Å²) in [5.41, 5.74) is 1.00. The lowest BCUT2D eigenvalue weighted by Crippen LogP contribution is -2.49. The fraction of sp³-hybridized carbons (Fsp3) is 0.500. The first-order valence-electron chi connectivity index (χ1n) is 6.39. The summed E-state index contributed by atoms with van der Waals surface area (Å²) < 4.78 is 16.1. The number of aliphatic hydroxyl groups excluding tert-OH is 1. The SMILES string of the molecule is O=C1CC2CO[C@H](OCc3ccccc3)[C@@H](O)C2O1. The predicted molar refractivity (Wildman–Crippen MR) is 65.0 cm³/mol. The minimum atomic E-state index is -0.922. The summed E-state index contributed by atoms with van der Waals surface area (Å²) in [5.74, 6) is -0.333. The molecule has 2 heterocycles. The zero-order valence-electron chi connectivity index (χ0n) is 10.4. The van der Waals surface area contributed by atoms with E-state index in [1.54, 1.807) is 0 Å². The zero-order valence-corrected chi connectivity index (χ0v) is 10.4. The molecule has 0 spiro atoms. The van der Waals surface area contributed by atoms with Crippen molar-refractivity contribution in [3.8, 4) is 0 Å². The van der Waals surface area contributed by atoms with Crippen LogP contribution in [0.1, 0.15) is 12.0 Å². The first-order chi connectivity index (χ1) is 9.24. The van der Waals surface area contributed by atoms with Gasteiger partial charge in [0.05, 0.1) is 19.6 Å². The van der Waals surface area contributed by atoms with E-state index in [0.717, 1.165) is 5.56 Å². The Labute approximate surface area is 111 Å². The van der Waals surface area contributed by atoms with Gasteiger partial charge in [-0.15, -0.1) is 0 Å². The van der Waals surface area contributed by atoms with Gasteiger partial charge in [-0.25, -0.2) is 0 Å². The summed E-state index contributed by atoms with van der Waals surface area (Å²) in [5, 5.41) is 10.1. The highest BCUT2D eigenvalue weighted by molar-refractivity contribution is 5.72. The van der Waals surface area contributed by atoms with Crippen LogP contribution in [-0.2, 0) is 25.6 Å². The number of carbonyl (C=O) groups is 1. The van der Waals surface area contributed by atoms with E-state index >= 15 is 0 Å². The Balaban J connectivity index is 1.59. The molecule has 0 saturated carbocycles. The molecule has 0 bridgehead atoms. The van der Waals surface area contributed by atoms with Gasteiger partial charge < -0.3 is 19.3 Å². The molecule has 2 unspecified atom stereocenters. The van der Waals surface area contributed by atoms with Crippen molar-refractivity contribution in [1.29, 1.82) is 0 Å². The highest BCUT2D eigenvalue weighted by atomic mass is 16.7. The van der Waals surface area contributed by atoms with Crippen molar-refractivity contribution in [1.82, 2.24) is 0 Å². The molecule has 0 radical (unpaired) electrons. The molecule has 5 heteroatoms. The van der Waals surface area contributed by atoms with Crippen LogP contribution in [0.3, 0.4) is 0 Å². The number of ether oxygens (including phenoxy) is 3. The molecule has 0 aliphatic carbocycles. The fourth-order valence-electron chi connectivity index (χ4n) is 2.50. The Bertz CT molecular complexity index is 446. The third kappa shape index (κ3) is 2.63. The number of rotatable bonds is 3. The van der Waals surface area contributed by atoms with Crippen LogP contribution in [0.25, 0.3) is 0 Å². The fourth-order valence-corrected chi connectivity index (χ4v) is 2.50. The van der Waals surface area contributed by atoms with Crippen molar-refractivity contribution in [2.45, 2.75) is 31.5 Å². The van der Waals surface area contributed by atoms with Gasteiger partial charge in [0.15, 0.2) is 6.29 Å². The molecule has 2 aliphatic rings. The second-order valence-corrected chi connectivity index (χ2v) is 4.91. The number of benzene rings is 1. The predicted octanol–water partition coefficient (Wildman–Crippen LogP) is 0.852. The average molecular weight is 264 g/mol. The van der Waals surface area contributed by atoms with Crippen LogP contribution in [-0.4, -0.2) is 36.2 Å². The van der Waals surface area contributed by atoms with E-state index in [2.05, 4.69) is 0 Å². The minimum Gasteiger partial charge on any atom is -0.459 e. The van der Waals surface area contributed by atoms with E-state index in [0.29, 0.717) is 19.6 Å². The summed E-state index contributed by atoms with van der Waals surface area (Å²) in [7, 11) is 0. The quantitative estimate of drug-likeness (QED) is 0.820. The summed E-state index contributed by atoms with van der Waals surface area (Å²) in [4.78, 5) is 11.2. The first-order valence-corrected chi connectivity index (χ1v) is 6.39. The van der Waals surface area contributed by atoms with E-state index in [-0.39, 0.29) is 11.9 Å². The Morgan fingerprint density at radius 1 is 1.32 bits per heavy atom. The molecule has 2 saturated heterocycles. The second kappa shape index (κ2) is 5.28. The van der Waals surface area contributed by atoms with Gasteiger partial charge in [0.2, 0.25) is 0 Å². The maximum absolute atomic E-state index is 11.2. The van der Waals surface area contributed by atoms with Crippen LogP contribution in [0, 0.1) is 5.92 Å². The van der Waals surface area contributed by atoms with E-state index in [1.165, 1.54) is 0 Å². The lowest BCUT2D eigenvalue weighted by molar-refractivity contribution is -0.256. The van der Waals surface area contributed by atoms with Crippen molar-refractivity contribution in [3.63, 3.8) is 0 Å². The van der Waals surface area contributed by atoms with E-state index in [4.69, 9.17) is 14.2 Å². The lowest BCUT2D eigenvalue weighted by atomic mass is 9.95. The Morgan fingerprint density at radius 3 is 2.89 bits per heavy atom. The van der Waals surface area contributed by atoms with Crippen LogP contribution in [0.5, 0.6) is 0 Å². The summed E-state index contributed by atoms with van der Waals surface area (Å²) in [6.45, 7) is 0.737. The molecule has 1 N–H and O–H groups in total. The Morgan fingerprint density at radius 2 is 2.11 bits per heavy atom. The molecule has 102 valence electrons. The van der Waals surface area contributed by atoms with Crippen molar-refractivity contribution >= 4 is 5.97 Å². The van der Waals surface area contributed by atoms with Crippen molar-refractivity contribution in [3.05, 3.63) is 35.9 Å². The molecule has 0 amide bonds. The van der Waals surface area contributed by atoms with Crippen LogP contribution in [0.2, 0.25) is 0 Å². The molecule has 1 aromatic rings. The van der Waals surface area contributed by atoms with Crippen molar-refractivity contribution in [2.75, 3.05) is 6.61 Å². The van der Waals surface area contributed by atoms with E-state index in [9.17, 15) is 9.90 Å². The smallest absolute Gasteiger partial charge is 0.306 e. The molecule has 19 heavy (non-hydrogen) atoms. The molecule has 1 aromatic carbocycles. The number of aliphatic hydroxyl groups is 1. The van der Waals surface area contributed by atoms with Gasteiger partial charge in [0.25, 0.3) is 0 Å². The molecule has 5 nitrogen and oxygen atoms in total. The van der Waals surface area contributed by atoms with E-state index in [1.807, 2.05) is 30.3 Å². The molecular weight excluding hydrogens is 248 g/mol. The molecular formula is C14H16O5. The summed E-state index contributed by atoms with van der Waals surface area (Å²) in [6, 6.07) is 9.65. The second-order valence-electron chi connectivity index (χ2n) is 4.91. The molecule has 2 fully saturated rings. The van der Waals surface area contributed by atoms with Crippen molar-refractivity contribution < 1.29 is 24.1 Å². The Hall–Kier alpha value is -1.43. The van der Waals surface area contributed by atoms with Crippen LogP contribution in [0.15, 0.2) is 30.3 Å². The minimum absolute atomic E-state index is 0.0564. The number of carbonyl (C=O) groups excluding carboxylic acids is 1. The average Bonchev–Trinajstić information content (AvgIpc) is 2.81. The van der Waals surface area contributed by atoms with Gasteiger partial charge in [-0.05, 0) is 5.56 Å². The summed E-state index contributed by atoms with van der Waals surface area (Å²) >= 11 is 0. The third-order valence-corrected chi connectivity index (χ3v) is 3.51. The zero-order chi connectivity index (χ0) is 13.2. The normalized spacial score (nSPS) is 33.8. The monoisotopic (exact) mass is 264 g/mol. The van der Waals surface area contributed by atoms with Gasteiger partial charge in [-0.2, -0.15) is 0 Å². The Kier molecular flexibility index (Phi) is 3.50. The van der Waals surface area contributed by atoms with Gasteiger partial charge in [-0.3, -0.25) is 4.79 Å².